The number of hydrogen-bond donors (Lipinski definition) is 2. The molecule has 0 unspecified atom stereocenters. The smallest absolute Gasteiger partial charge is 0.344 e. The van der Waals surface area contributed by atoms with Crippen LogP contribution >= 0.6 is 0 Å². The van der Waals surface area contributed by atoms with E-state index in [1.165, 1.54) is 26.7 Å². The lowest BCUT2D eigenvalue weighted by atomic mass is 9.47. The van der Waals surface area contributed by atoms with Crippen LogP contribution in [0.4, 0.5) is 5.69 Å². The molecular weight excluding hydrogens is 901 g/mol. The largest absolute Gasteiger partial charge is 0.496 e. The Bertz CT molecular complexity index is 2740. The highest BCUT2D eigenvalue weighted by Crippen LogP contribution is 2.68. The van der Waals surface area contributed by atoms with E-state index >= 15 is 4.79 Å². The third-order valence-corrected chi connectivity index (χ3v) is 17.8. The highest BCUT2D eigenvalue weighted by atomic mass is 16.8. The van der Waals surface area contributed by atoms with Crippen LogP contribution in [0.2, 0.25) is 0 Å². The molecule has 9 atom stereocenters. The molecule has 2 N–H and O–H groups in total. The minimum atomic E-state index is -2.32. The fourth-order valence-electron chi connectivity index (χ4n) is 15.0. The number of hydrogen-bond acceptors (Lipinski definition) is 13. The molecule has 0 radical (unpaired) electrons. The number of para-hydroxylation sites is 1. The third-order valence-electron chi connectivity index (χ3n) is 17.8. The van der Waals surface area contributed by atoms with Gasteiger partial charge in [-0.2, -0.15) is 0 Å². The predicted octanol–water partition coefficient (Wildman–Crippen LogP) is 7.36. The zero-order valence-electron chi connectivity index (χ0n) is 43.0. The molecule has 3 fully saturated rings. The Hall–Kier alpha value is -5.25. The normalized spacial score (nSPS) is 33.2. The van der Waals surface area contributed by atoms with Crippen molar-refractivity contribution in [1.82, 2.24) is 14.8 Å². The lowest BCUT2D eigenvalue weighted by molar-refractivity contribution is -0.228. The monoisotopic (exact) mass is 973 g/mol. The summed E-state index contributed by atoms with van der Waals surface area (Å²) < 4.78 is 37.5. The van der Waals surface area contributed by atoms with E-state index in [2.05, 4.69) is 82.4 Å². The number of esters is 3. The first-order chi connectivity index (χ1) is 34.0. The van der Waals surface area contributed by atoms with E-state index in [4.69, 9.17) is 28.4 Å². The van der Waals surface area contributed by atoms with Crippen LogP contribution in [0, 0.1) is 11.3 Å². The molecule has 14 heteroatoms. The fraction of sp³-hybridized carbons (Fsp3) is 0.561. The molecule has 3 aromatic carbocycles. The van der Waals surface area contributed by atoms with Gasteiger partial charge in [0.15, 0.2) is 11.9 Å². The second-order valence-electron chi connectivity index (χ2n) is 21.8. The maximum Gasteiger partial charge on any atom is 0.344 e. The molecule has 1 saturated carbocycles. The third kappa shape index (κ3) is 7.39. The number of nitrogens with one attached hydrogen (secondary N) is 1. The van der Waals surface area contributed by atoms with Crippen LogP contribution in [-0.2, 0) is 61.9 Å². The number of benzene rings is 3. The van der Waals surface area contributed by atoms with E-state index in [9.17, 15) is 14.7 Å². The molecule has 1 aliphatic carbocycles. The molecule has 5 aliphatic heterocycles. The topological polar surface area (TPSA) is 152 Å². The van der Waals surface area contributed by atoms with Gasteiger partial charge >= 0.3 is 17.9 Å². The number of carbonyl (C=O) groups is 3. The van der Waals surface area contributed by atoms with Gasteiger partial charge in [-0.05, 0) is 100 Å². The van der Waals surface area contributed by atoms with Crippen molar-refractivity contribution in [2.24, 2.45) is 11.3 Å². The van der Waals surface area contributed by atoms with Crippen LogP contribution < -0.4 is 9.64 Å². The highest BCUT2D eigenvalue weighted by Gasteiger charge is 2.80. The first kappa shape index (κ1) is 49.3. The van der Waals surface area contributed by atoms with Crippen molar-refractivity contribution >= 4 is 34.5 Å². The molecule has 10 rings (SSSR count). The van der Waals surface area contributed by atoms with Gasteiger partial charge in [-0.3, -0.25) is 19.4 Å². The molecule has 380 valence electrons. The molecule has 1 aromatic heterocycles. The summed E-state index contributed by atoms with van der Waals surface area (Å²) in [4.78, 5) is 54.4. The summed E-state index contributed by atoms with van der Waals surface area (Å²) in [6, 6.07) is 21.7. The van der Waals surface area contributed by atoms with E-state index < -0.39 is 63.3 Å². The van der Waals surface area contributed by atoms with E-state index in [0.29, 0.717) is 69.5 Å². The van der Waals surface area contributed by atoms with Crippen molar-refractivity contribution < 1.29 is 47.9 Å². The summed E-state index contributed by atoms with van der Waals surface area (Å²) in [6.07, 6.45) is 6.97. The van der Waals surface area contributed by atoms with Crippen LogP contribution in [0.5, 0.6) is 5.75 Å². The van der Waals surface area contributed by atoms with E-state index in [1.54, 1.807) is 7.11 Å². The summed E-state index contributed by atoms with van der Waals surface area (Å²) in [6.45, 7) is 13.5. The number of H-pyrrole nitrogens is 1. The maximum absolute atomic E-state index is 15.8. The molecule has 1 spiro atoms. The van der Waals surface area contributed by atoms with Gasteiger partial charge in [0, 0.05) is 90.9 Å². The Morgan fingerprint density at radius 1 is 0.901 bits per heavy atom. The number of ether oxygens (including phenoxy) is 6. The Labute approximate surface area is 417 Å². The van der Waals surface area contributed by atoms with Crippen molar-refractivity contribution in [2.75, 3.05) is 66.1 Å². The summed E-state index contributed by atoms with van der Waals surface area (Å²) in [7, 11) is 6.25. The van der Waals surface area contributed by atoms with Crippen molar-refractivity contribution in [3.63, 3.8) is 0 Å². The molecule has 0 amide bonds. The average molecular weight is 973 g/mol. The number of methoxy groups -OCH3 is 3. The number of carbonyl (C=O) groups excluding carboxylic acids is 3. The van der Waals surface area contributed by atoms with Crippen molar-refractivity contribution in [1.29, 1.82) is 0 Å². The number of aromatic nitrogens is 1. The van der Waals surface area contributed by atoms with Crippen LogP contribution in [0.25, 0.3) is 10.9 Å². The SMILES string of the molecule is CC[C@]1(C[C@H]2CC[C@](C(=O)OC)(c3cc4c(cc3OC)N(C)[C@H]3[C@@](O)(C(=O)OC)[C@H](OC(C)=O)[C@]5(CC)C=CCN6CC[C@]43[C@@H]65)c3[nH]c4ccccc4c3CCN(Cc3ccccc3)C2)COC(C)(C)O1. The number of fused-ring (bicyclic) bond motifs is 4. The Morgan fingerprint density at radius 2 is 1.65 bits per heavy atom. The van der Waals surface area contributed by atoms with E-state index in [1.807, 2.05) is 50.9 Å². The van der Waals surface area contributed by atoms with Gasteiger partial charge in [-0.1, -0.05) is 74.5 Å². The molecule has 4 aromatic rings. The standard InChI is InChI=1S/C57H72N4O10/c1-10-53(35-69-52(4,5)71-53)32-38-22-25-55(50(63)67-8,46-40(39-20-15-16-21-43(39)58-46)23-28-60(34-38)33-37-18-13-12-14-19-37)42-30-41-44(31-45(42)66-7)59(6)48-56(41)26-29-61-27-17-24-54(11-2,47(56)61)49(70-36(3)62)57(48,65)51(64)68-9/h12-21,24,30-31,38,47-49,58,65H,10-11,22-23,25-29,32-35H2,1-9H3/t38-,47+,48-,49-,53+,54-,55+,56-,57+/m1/s1. The van der Waals surface area contributed by atoms with Gasteiger partial charge in [-0.25, -0.2) is 4.79 Å². The van der Waals surface area contributed by atoms with Crippen LogP contribution in [0.1, 0.15) is 101 Å². The first-order valence-electron chi connectivity index (χ1n) is 25.7. The number of aliphatic hydroxyl groups is 1. The zero-order valence-corrected chi connectivity index (χ0v) is 43.0. The molecule has 14 nitrogen and oxygen atoms in total. The summed E-state index contributed by atoms with van der Waals surface area (Å²) >= 11 is 0. The highest BCUT2D eigenvalue weighted by molar-refractivity contribution is 5.95. The summed E-state index contributed by atoms with van der Waals surface area (Å²) in [5, 5.41) is 14.6. The zero-order chi connectivity index (χ0) is 50.3. The Morgan fingerprint density at radius 3 is 2.32 bits per heavy atom. The van der Waals surface area contributed by atoms with E-state index in [0.717, 1.165) is 59.5 Å². The second-order valence-corrected chi connectivity index (χ2v) is 21.8. The van der Waals surface area contributed by atoms with Crippen LogP contribution in [-0.4, -0.2) is 134 Å². The van der Waals surface area contributed by atoms with E-state index in [-0.39, 0.29) is 12.0 Å². The number of anilines is 1. The quantitative estimate of drug-likeness (QED) is 0.0876. The fourth-order valence-corrected chi connectivity index (χ4v) is 15.0. The molecule has 2 saturated heterocycles. The Kier molecular flexibility index (Phi) is 12.5. The molecular formula is C57H72N4O10. The van der Waals surface area contributed by atoms with Gasteiger partial charge in [0.2, 0.25) is 5.60 Å². The molecule has 6 heterocycles. The predicted molar refractivity (Wildman–Crippen MR) is 269 cm³/mol. The van der Waals surface area contributed by atoms with Crippen molar-refractivity contribution in [2.45, 2.75) is 132 Å². The van der Waals surface area contributed by atoms with Crippen LogP contribution in [0.15, 0.2) is 78.9 Å². The molecule has 6 aliphatic rings. The van der Waals surface area contributed by atoms with Gasteiger partial charge in [0.1, 0.15) is 11.2 Å². The van der Waals surface area contributed by atoms with Gasteiger partial charge in [0.05, 0.1) is 39.6 Å². The van der Waals surface area contributed by atoms with Crippen molar-refractivity contribution in [3.05, 3.63) is 107 Å². The van der Waals surface area contributed by atoms with Gasteiger partial charge < -0.3 is 43.4 Å². The maximum atomic E-state index is 15.8. The molecule has 71 heavy (non-hydrogen) atoms. The second kappa shape index (κ2) is 18.0. The van der Waals surface area contributed by atoms with Gasteiger partial charge in [-0.15, -0.1) is 0 Å². The minimum absolute atomic E-state index is 0.0508. The first-order valence-corrected chi connectivity index (χ1v) is 25.7. The number of nitrogens with zero attached hydrogens (tertiary/aromatic N) is 3. The lowest BCUT2D eigenvalue weighted by Crippen LogP contribution is -2.81. The number of aromatic amines is 1. The summed E-state index contributed by atoms with van der Waals surface area (Å²) in [5.74, 6) is -2.11. The van der Waals surface area contributed by atoms with Crippen molar-refractivity contribution in [3.8, 4) is 5.75 Å². The number of likely N-dealkylation sites (N-methyl/N-ethyl adjacent to an activating group) is 1. The van der Waals surface area contributed by atoms with Crippen LogP contribution in [0.3, 0.4) is 0 Å². The lowest BCUT2D eigenvalue weighted by Gasteiger charge is -2.63. The Balaban J connectivity index is 1.22. The summed E-state index contributed by atoms with van der Waals surface area (Å²) in [5.41, 5.74) is 0.00340. The average Bonchev–Trinajstić information content (AvgIpc) is 4.11. The van der Waals surface area contributed by atoms with Gasteiger partial charge in [0.25, 0.3) is 0 Å². The molecule has 0 bridgehead atoms. The number of rotatable bonds is 11. The minimum Gasteiger partial charge on any atom is -0.496 e.